The Labute approximate surface area is 100 Å². The van der Waals surface area contributed by atoms with Crippen molar-refractivity contribution in [3.8, 4) is 0 Å². The summed E-state index contributed by atoms with van der Waals surface area (Å²) in [7, 11) is 3.99. The Hall–Kier alpha value is -0.120. The smallest absolute Gasteiger partial charge is 0.0791 e. The molecule has 96 valence electrons. The fourth-order valence-corrected chi connectivity index (χ4v) is 2.56. The van der Waals surface area contributed by atoms with Gasteiger partial charge in [-0.1, -0.05) is 13.3 Å². The summed E-state index contributed by atoms with van der Waals surface area (Å²) in [5, 5.41) is 13.2. The molecule has 0 aromatic heterocycles. The Morgan fingerprint density at radius 3 is 2.38 bits per heavy atom. The molecule has 1 fully saturated rings. The minimum absolute atomic E-state index is 0.237. The Morgan fingerprint density at radius 1 is 1.25 bits per heavy atom. The van der Waals surface area contributed by atoms with Gasteiger partial charge in [-0.25, -0.2) is 0 Å². The first-order chi connectivity index (χ1) is 7.61. The Kier molecular flexibility index (Phi) is 6.32. The maximum absolute atomic E-state index is 9.74. The quantitative estimate of drug-likeness (QED) is 0.722. The summed E-state index contributed by atoms with van der Waals surface area (Å²) in [5.74, 6) is 0.949. The minimum Gasteiger partial charge on any atom is -0.390 e. The summed E-state index contributed by atoms with van der Waals surface area (Å²) >= 11 is 0. The van der Waals surface area contributed by atoms with Crippen LogP contribution in [0.25, 0.3) is 0 Å². The molecule has 0 saturated heterocycles. The molecule has 1 rings (SSSR count). The Bertz CT molecular complexity index is 177. The first kappa shape index (κ1) is 13.9. The van der Waals surface area contributed by atoms with Gasteiger partial charge >= 0.3 is 0 Å². The molecule has 1 saturated carbocycles. The SMILES string of the molecule is CCC1CCC(NCC(O)CN(C)C)CC1. The van der Waals surface area contributed by atoms with Gasteiger partial charge in [0.1, 0.15) is 0 Å². The lowest BCUT2D eigenvalue weighted by atomic mass is 9.84. The molecule has 0 bridgehead atoms. The van der Waals surface area contributed by atoms with Crippen LogP contribution in [0.5, 0.6) is 0 Å². The largest absolute Gasteiger partial charge is 0.390 e. The lowest BCUT2D eigenvalue weighted by molar-refractivity contribution is 0.127. The van der Waals surface area contributed by atoms with Gasteiger partial charge in [-0.2, -0.15) is 0 Å². The van der Waals surface area contributed by atoms with E-state index in [1.54, 1.807) is 0 Å². The first-order valence-electron chi connectivity index (χ1n) is 6.68. The highest BCUT2D eigenvalue weighted by Crippen LogP contribution is 2.26. The first-order valence-corrected chi connectivity index (χ1v) is 6.68. The van der Waals surface area contributed by atoms with Crippen molar-refractivity contribution in [1.29, 1.82) is 0 Å². The fourth-order valence-electron chi connectivity index (χ4n) is 2.56. The van der Waals surface area contributed by atoms with E-state index in [1.165, 1.54) is 32.1 Å². The van der Waals surface area contributed by atoms with Crippen molar-refractivity contribution < 1.29 is 5.11 Å². The summed E-state index contributed by atoms with van der Waals surface area (Å²) in [6.07, 6.45) is 6.38. The molecule has 1 unspecified atom stereocenters. The summed E-state index contributed by atoms with van der Waals surface area (Å²) in [6, 6.07) is 0.639. The van der Waals surface area contributed by atoms with Crippen LogP contribution in [0.3, 0.4) is 0 Å². The number of nitrogens with one attached hydrogen (secondary N) is 1. The van der Waals surface area contributed by atoms with Crippen molar-refractivity contribution in [2.45, 2.75) is 51.2 Å². The molecule has 0 aliphatic heterocycles. The van der Waals surface area contributed by atoms with Crippen molar-refractivity contribution in [1.82, 2.24) is 10.2 Å². The van der Waals surface area contributed by atoms with E-state index in [9.17, 15) is 5.11 Å². The molecular formula is C13H28N2O. The van der Waals surface area contributed by atoms with Crippen molar-refractivity contribution in [3.63, 3.8) is 0 Å². The van der Waals surface area contributed by atoms with Crippen LogP contribution in [0.2, 0.25) is 0 Å². The molecule has 2 N–H and O–H groups in total. The molecule has 1 aliphatic carbocycles. The second kappa shape index (κ2) is 7.25. The maximum Gasteiger partial charge on any atom is 0.0791 e. The molecule has 1 aliphatic rings. The summed E-state index contributed by atoms with van der Waals surface area (Å²) in [5.41, 5.74) is 0. The summed E-state index contributed by atoms with van der Waals surface area (Å²) in [4.78, 5) is 2.03. The minimum atomic E-state index is -0.237. The average Bonchev–Trinajstić information content (AvgIpc) is 2.26. The molecule has 1 atom stereocenters. The zero-order valence-electron chi connectivity index (χ0n) is 11.1. The molecular weight excluding hydrogens is 200 g/mol. The second-order valence-corrected chi connectivity index (χ2v) is 5.45. The number of nitrogens with zero attached hydrogens (tertiary/aromatic N) is 1. The molecule has 3 heteroatoms. The van der Waals surface area contributed by atoms with Crippen LogP contribution in [0.1, 0.15) is 39.0 Å². The van der Waals surface area contributed by atoms with E-state index in [2.05, 4.69) is 12.2 Å². The molecule has 0 aromatic carbocycles. The van der Waals surface area contributed by atoms with Crippen molar-refractivity contribution in [2.75, 3.05) is 27.2 Å². The highest BCUT2D eigenvalue weighted by Gasteiger charge is 2.20. The average molecular weight is 228 g/mol. The topological polar surface area (TPSA) is 35.5 Å². The predicted molar refractivity (Wildman–Crippen MR) is 68.6 cm³/mol. The van der Waals surface area contributed by atoms with E-state index < -0.39 is 0 Å². The van der Waals surface area contributed by atoms with Crippen molar-refractivity contribution in [2.24, 2.45) is 5.92 Å². The van der Waals surface area contributed by atoms with E-state index in [0.29, 0.717) is 6.04 Å². The van der Waals surface area contributed by atoms with Gasteiger partial charge < -0.3 is 15.3 Å². The molecule has 0 radical (unpaired) electrons. The molecule has 0 amide bonds. The van der Waals surface area contributed by atoms with Crippen LogP contribution in [-0.4, -0.2) is 49.3 Å². The Balaban J connectivity index is 2.10. The molecule has 0 spiro atoms. The van der Waals surface area contributed by atoms with Crippen LogP contribution in [0.4, 0.5) is 0 Å². The van der Waals surface area contributed by atoms with E-state index >= 15 is 0 Å². The van der Waals surface area contributed by atoms with E-state index in [-0.39, 0.29) is 6.10 Å². The van der Waals surface area contributed by atoms with Crippen molar-refractivity contribution >= 4 is 0 Å². The van der Waals surface area contributed by atoms with Crippen LogP contribution < -0.4 is 5.32 Å². The lowest BCUT2D eigenvalue weighted by Gasteiger charge is -2.29. The Morgan fingerprint density at radius 2 is 1.88 bits per heavy atom. The van der Waals surface area contributed by atoms with E-state index in [4.69, 9.17) is 0 Å². The van der Waals surface area contributed by atoms with E-state index in [1.807, 2.05) is 19.0 Å². The molecule has 16 heavy (non-hydrogen) atoms. The van der Waals surface area contributed by atoms with Gasteiger partial charge in [0.15, 0.2) is 0 Å². The van der Waals surface area contributed by atoms with Gasteiger partial charge in [-0.05, 0) is 45.7 Å². The monoisotopic (exact) mass is 228 g/mol. The summed E-state index contributed by atoms with van der Waals surface area (Å²) in [6.45, 7) is 3.77. The third-order valence-corrected chi connectivity index (χ3v) is 3.64. The van der Waals surface area contributed by atoms with Gasteiger partial charge in [-0.15, -0.1) is 0 Å². The lowest BCUT2D eigenvalue weighted by Crippen LogP contribution is -2.41. The molecule has 0 aromatic rings. The van der Waals surface area contributed by atoms with Crippen LogP contribution in [-0.2, 0) is 0 Å². The molecule has 3 nitrogen and oxygen atoms in total. The number of aliphatic hydroxyl groups excluding tert-OH is 1. The standard InChI is InChI=1S/C13H28N2O/c1-4-11-5-7-12(8-6-11)14-9-13(16)10-15(2)3/h11-14,16H,4-10H2,1-3H3. The number of aliphatic hydroxyl groups is 1. The number of likely N-dealkylation sites (N-methyl/N-ethyl adjacent to an activating group) is 1. The van der Waals surface area contributed by atoms with E-state index in [0.717, 1.165) is 19.0 Å². The molecule has 0 heterocycles. The van der Waals surface area contributed by atoms with Crippen molar-refractivity contribution in [3.05, 3.63) is 0 Å². The van der Waals surface area contributed by atoms with Gasteiger partial charge in [0.2, 0.25) is 0 Å². The van der Waals surface area contributed by atoms with Crippen LogP contribution in [0, 0.1) is 5.92 Å². The van der Waals surface area contributed by atoms with Gasteiger partial charge in [0.25, 0.3) is 0 Å². The summed E-state index contributed by atoms with van der Waals surface area (Å²) < 4.78 is 0. The number of rotatable bonds is 6. The fraction of sp³-hybridized carbons (Fsp3) is 1.00. The van der Waals surface area contributed by atoms with Gasteiger partial charge in [0, 0.05) is 19.1 Å². The third kappa shape index (κ3) is 5.28. The number of hydrogen-bond acceptors (Lipinski definition) is 3. The van der Waals surface area contributed by atoms with Crippen LogP contribution >= 0.6 is 0 Å². The zero-order chi connectivity index (χ0) is 12.0. The second-order valence-electron chi connectivity index (χ2n) is 5.45. The normalized spacial score (nSPS) is 28.3. The maximum atomic E-state index is 9.74. The number of hydrogen-bond donors (Lipinski definition) is 2. The van der Waals surface area contributed by atoms with Crippen LogP contribution in [0.15, 0.2) is 0 Å². The highest BCUT2D eigenvalue weighted by atomic mass is 16.3. The highest BCUT2D eigenvalue weighted by molar-refractivity contribution is 4.77. The predicted octanol–water partition coefficient (Wildman–Crippen LogP) is 1.47. The zero-order valence-corrected chi connectivity index (χ0v) is 11.1. The third-order valence-electron chi connectivity index (χ3n) is 3.64. The van der Waals surface area contributed by atoms with Gasteiger partial charge in [-0.3, -0.25) is 0 Å². The van der Waals surface area contributed by atoms with Gasteiger partial charge in [0.05, 0.1) is 6.10 Å².